The molecule has 0 aromatic rings. The number of hydrogen-bond donors (Lipinski definition) is 4. The number of rotatable bonds is 43. The lowest BCUT2D eigenvalue weighted by molar-refractivity contribution is -0.231. The standard InChI is InChI=1S/C48H96O7/c1-3-5-7-9-11-13-15-17-19-21-23-25-27-29-31-33-35-39-53-42-43(37-38-44-46(50)48(52)47(51)45(41-49)55-44)54-40-36-34-32-30-28-26-24-22-20-18-16-14-12-10-8-6-4-2/h43-52H,3-42H2,1-2H3/t43-,44-,45+,46-,47+,48+/m0/s1. The van der Waals surface area contributed by atoms with Gasteiger partial charge in [0.15, 0.2) is 0 Å². The molecule has 55 heavy (non-hydrogen) atoms. The second kappa shape index (κ2) is 40.5. The predicted molar refractivity (Wildman–Crippen MR) is 232 cm³/mol. The third-order valence-electron chi connectivity index (χ3n) is 12.1. The van der Waals surface area contributed by atoms with E-state index in [0.717, 1.165) is 19.4 Å². The van der Waals surface area contributed by atoms with E-state index in [-0.39, 0.29) is 6.10 Å². The summed E-state index contributed by atoms with van der Waals surface area (Å²) in [6.45, 7) is 6.11. The molecule has 1 aliphatic rings. The van der Waals surface area contributed by atoms with Crippen LogP contribution < -0.4 is 0 Å². The minimum Gasteiger partial charge on any atom is -0.394 e. The van der Waals surface area contributed by atoms with E-state index >= 15 is 0 Å². The van der Waals surface area contributed by atoms with E-state index in [1.54, 1.807) is 0 Å². The summed E-state index contributed by atoms with van der Waals surface area (Å²) in [5.41, 5.74) is 0. The molecule has 0 spiro atoms. The summed E-state index contributed by atoms with van der Waals surface area (Å²) in [7, 11) is 0. The minimum absolute atomic E-state index is 0.112. The largest absolute Gasteiger partial charge is 0.394 e. The highest BCUT2D eigenvalue weighted by Gasteiger charge is 2.43. The van der Waals surface area contributed by atoms with Gasteiger partial charge in [0, 0.05) is 13.2 Å². The van der Waals surface area contributed by atoms with Crippen LogP contribution in [-0.4, -0.2) is 83.5 Å². The predicted octanol–water partition coefficient (Wildman–Crippen LogP) is 12.3. The van der Waals surface area contributed by atoms with Crippen LogP contribution in [-0.2, 0) is 14.2 Å². The first-order valence-corrected chi connectivity index (χ1v) is 24.5. The molecule has 1 aliphatic heterocycles. The summed E-state index contributed by atoms with van der Waals surface area (Å²) in [5.74, 6) is 0. The van der Waals surface area contributed by atoms with Gasteiger partial charge in [-0.05, 0) is 25.7 Å². The first kappa shape index (κ1) is 52.7. The molecule has 1 heterocycles. The van der Waals surface area contributed by atoms with Crippen molar-refractivity contribution in [2.75, 3.05) is 26.4 Å². The van der Waals surface area contributed by atoms with Gasteiger partial charge in [-0.25, -0.2) is 0 Å². The van der Waals surface area contributed by atoms with Gasteiger partial charge in [0.25, 0.3) is 0 Å². The van der Waals surface area contributed by atoms with Gasteiger partial charge in [0.05, 0.1) is 25.4 Å². The molecule has 0 amide bonds. The van der Waals surface area contributed by atoms with E-state index in [4.69, 9.17) is 14.2 Å². The molecule has 7 heteroatoms. The highest BCUT2D eigenvalue weighted by molar-refractivity contribution is 4.92. The van der Waals surface area contributed by atoms with Crippen molar-refractivity contribution >= 4 is 0 Å². The molecule has 1 saturated heterocycles. The summed E-state index contributed by atoms with van der Waals surface area (Å²) in [4.78, 5) is 0. The number of hydrogen-bond acceptors (Lipinski definition) is 7. The molecule has 0 aliphatic carbocycles. The average Bonchev–Trinajstić information content (AvgIpc) is 3.19. The van der Waals surface area contributed by atoms with E-state index in [9.17, 15) is 20.4 Å². The van der Waals surface area contributed by atoms with Crippen molar-refractivity contribution in [3.05, 3.63) is 0 Å². The van der Waals surface area contributed by atoms with Crippen LogP contribution in [0.2, 0.25) is 0 Å². The third-order valence-corrected chi connectivity index (χ3v) is 12.1. The Bertz CT molecular complexity index is 752. The van der Waals surface area contributed by atoms with Gasteiger partial charge < -0.3 is 34.6 Å². The second-order valence-corrected chi connectivity index (χ2v) is 17.3. The number of aliphatic hydroxyl groups is 4. The first-order chi connectivity index (χ1) is 27.0. The normalized spacial score (nSPS) is 20.7. The van der Waals surface area contributed by atoms with Crippen LogP contribution in [0.15, 0.2) is 0 Å². The Kier molecular flexibility index (Phi) is 38.8. The van der Waals surface area contributed by atoms with Gasteiger partial charge in [-0.1, -0.05) is 219 Å². The van der Waals surface area contributed by atoms with Gasteiger partial charge in [0.1, 0.15) is 24.4 Å². The molecular weight excluding hydrogens is 689 g/mol. The lowest BCUT2D eigenvalue weighted by atomic mass is 9.92. The fourth-order valence-electron chi connectivity index (χ4n) is 8.20. The van der Waals surface area contributed by atoms with E-state index in [1.165, 1.54) is 205 Å². The Morgan fingerprint density at radius 1 is 0.418 bits per heavy atom. The van der Waals surface area contributed by atoms with Crippen LogP contribution >= 0.6 is 0 Å². The molecule has 6 atom stereocenters. The Hall–Kier alpha value is -0.280. The van der Waals surface area contributed by atoms with Crippen molar-refractivity contribution in [1.29, 1.82) is 0 Å². The fraction of sp³-hybridized carbons (Fsp3) is 1.00. The van der Waals surface area contributed by atoms with Crippen molar-refractivity contribution in [3.63, 3.8) is 0 Å². The van der Waals surface area contributed by atoms with Gasteiger partial charge >= 0.3 is 0 Å². The lowest BCUT2D eigenvalue weighted by Crippen LogP contribution is -2.58. The van der Waals surface area contributed by atoms with E-state index in [2.05, 4.69) is 13.8 Å². The molecule has 7 nitrogen and oxygen atoms in total. The first-order valence-electron chi connectivity index (χ1n) is 24.5. The topological polar surface area (TPSA) is 109 Å². The fourth-order valence-corrected chi connectivity index (χ4v) is 8.20. The van der Waals surface area contributed by atoms with E-state index < -0.39 is 37.1 Å². The van der Waals surface area contributed by atoms with Crippen LogP contribution in [0, 0.1) is 0 Å². The van der Waals surface area contributed by atoms with E-state index in [0.29, 0.717) is 26.1 Å². The van der Waals surface area contributed by atoms with Gasteiger partial charge in [-0.15, -0.1) is 0 Å². The van der Waals surface area contributed by atoms with Crippen molar-refractivity contribution in [1.82, 2.24) is 0 Å². The monoisotopic (exact) mass is 785 g/mol. The molecule has 330 valence electrons. The summed E-state index contributed by atoms with van der Waals surface area (Å²) in [6.07, 6.45) is 41.7. The molecule has 1 rings (SSSR count). The molecule has 0 saturated carbocycles. The SMILES string of the molecule is CCCCCCCCCCCCCCCCCCCOC[C@H](CC[C@@H]1O[C@H](CO)[C@@H](O)[C@H](O)[C@H]1O)OCCCCCCCCCCCCCCCCCCC. The maximum Gasteiger partial charge on any atom is 0.111 e. The van der Waals surface area contributed by atoms with Gasteiger partial charge in [-0.3, -0.25) is 0 Å². The van der Waals surface area contributed by atoms with Crippen LogP contribution in [0.3, 0.4) is 0 Å². The van der Waals surface area contributed by atoms with Crippen LogP contribution in [0.1, 0.15) is 245 Å². The zero-order chi connectivity index (χ0) is 39.9. The summed E-state index contributed by atoms with van der Waals surface area (Å²) in [6, 6.07) is 0. The highest BCUT2D eigenvalue weighted by atomic mass is 16.5. The van der Waals surface area contributed by atoms with Crippen LogP contribution in [0.25, 0.3) is 0 Å². The van der Waals surface area contributed by atoms with Crippen molar-refractivity contribution in [2.45, 2.75) is 282 Å². The van der Waals surface area contributed by atoms with Crippen molar-refractivity contribution in [2.24, 2.45) is 0 Å². The Morgan fingerprint density at radius 2 is 0.745 bits per heavy atom. The second-order valence-electron chi connectivity index (χ2n) is 17.3. The maximum atomic E-state index is 10.5. The van der Waals surface area contributed by atoms with Gasteiger partial charge in [0.2, 0.25) is 0 Å². The Morgan fingerprint density at radius 3 is 1.11 bits per heavy atom. The molecule has 0 aromatic carbocycles. The van der Waals surface area contributed by atoms with Crippen LogP contribution in [0.4, 0.5) is 0 Å². The molecule has 4 N–H and O–H groups in total. The number of unbranched alkanes of at least 4 members (excludes halogenated alkanes) is 32. The highest BCUT2D eigenvalue weighted by Crippen LogP contribution is 2.25. The molecule has 1 fully saturated rings. The smallest absolute Gasteiger partial charge is 0.111 e. The number of ether oxygens (including phenoxy) is 3. The molecular formula is C48H96O7. The number of aliphatic hydroxyl groups excluding tert-OH is 4. The summed E-state index contributed by atoms with van der Waals surface area (Å²) < 4.78 is 18.2. The van der Waals surface area contributed by atoms with Gasteiger partial charge in [-0.2, -0.15) is 0 Å². The summed E-state index contributed by atoms with van der Waals surface area (Å²) in [5, 5.41) is 40.5. The lowest BCUT2D eigenvalue weighted by Gasteiger charge is -2.40. The molecule has 0 bridgehead atoms. The third kappa shape index (κ3) is 31.3. The molecule has 0 radical (unpaired) electrons. The minimum atomic E-state index is -1.33. The van der Waals surface area contributed by atoms with Crippen LogP contribution in [0.5, 0.6) is 0 Å². The average molecular weight is 785 g/mol. The Labute approximate surface area is 341 Å². The summed E-state index contributed by atoms with van der Waals surface area (Å²) >= 11 is 0. The quantitative estimate of drug-likeness (QED) is 0.0456. The maximum absolute atomic E-state index is 10.5. The van der Waals surface area contributed by atoms with Crippen molar-refractivity contribution in [3.8, 4) is 0 Å². The van der Waals surface area contributed by atoms with E-state index in [1.807, 2.05) is 0 Å². The van der Waals surface area contributed by atoms with Crippen molar-refractivity contribution < 1.29 is 34.6 Å². The zero-order valence-corrected chi connectivity index (χ0v) is 36.8. The molecule has 0 aromatic heterocycles. The molecule has 0 unspecified atom stereocenters. The zero-order valence-electron chi connectivity index (χ0n) is 36.8. The Balaban J connectivity index is 2.15.